The van der Waals surface area contributed by atoms with Gasteiger partial charge in [-0.1, -0.05) is 74.5 Å². The quantitative estimate of drug-likeness (QED) is 0.423. The molecule has 0 unspecified atom stereocenters. The molecule has 0 heterocycles. The minimum atomic E-state index is -3.95. The van der Waals surface area contributed by atoms with Crippen molar-refractivity contribution in [2.75, 3.05) is 24.7 Å². The third kappa shape index (κ3) is 5.54. The van der Waals surface area contributed by atoms with Gasteiger partial charge in [-0.25, -0.2) is 0 Å². The lowest BCUT2D eigenvalue weighted by molar-refractivity contribution is 0.481. The Morgan fingerprint density at radius 3 is 2.26 bits per heavy atom. The second-order valence-corrected chi connectivity index (χ2v) is 10.2. The lowest BCUT2D eigenvalue weighted by Crippen LogP contribution is -2.16. The van der Waals surface area contributed by atoms with Crippen LogP contribution >= 0.6 is 0 Å². The fourth-order valence-corrected chi connectivity index (χ4v) is 4.68. The molecule has 0 radical (unpaired) electrons. The molecule has 1 aliphatic carbocycles. The molecule has 5 heteroatoms. The first-order valence-corrected chi connectivity index (χ1v) is 12.1. The van der Waals surface area contributed by atoms with Gasteiger partial charge in [-0.15, -0.1) is 0 Å². The van der Waals surface area contributed by atoms with Gasteiger partial charge in [0.15, 0.2) is 0 Å². The summed E-state index contributed by atoms with van der Waals surface area (Å²) in [4.78, 5) is 2.07. The van der Waals surface area contributed by atoms with Gasteiger partial charge in [0.05, 0.1) is 5.75 Å². The second kappa shape index (κ2) is 9.25. The number of allylic oxidation sites excluding steroid dienone is 5. The van der Waals surface area contributed by atoms with Crippen LogP contribution in [0.25, 0.3) is 11.6 Å². The Hall–Kier alpha value is -2.63. The van der Waals surface area contributed by atoms with Gasteiger partial charge in [0.2, 0.25) is 0 Å². The summed E-state index contributed by atoms with van der Waals surface area (Å²) in [6.07, 6.45) is 9.29. The van der Waals surface area contributed by atoms with E-state index in [1.807, 2.05) is 38.4 Å². The van der Waals surface area contributed by atoms with Crippen LogP contribution in [0.1, 0.15) is 43.4 Å². The molecule has 0 amide bonds. The average Bonchev–Trinajstić information content (AvgIpc) is 2.92. The Kier molecular flexibility index (Phi) is 6.87. The van der Waals surface area contributed by atoms with Gasteiger partial charge >= 0.3 is 0 Å². The molecule has 2 aromatic rings. The molecule has 164 valence electrons. The molecule has 0 saturated heterocycles. The zero-order chi connectivity index (χ0) is 22.6. The van der Waals surface area contributed by atoms with E-state index in [2.05, 4.69) is 67.3 Å². The maximum atomic E-state index is 11.2. The van der Waals surface area contributed by atoms with Crippen LogP contribution in [-0.2, 0) is 15.5 Å². The van der Waals surface area contributed by atoms with Crippen LogP contribution in [-0.4, -0.2) is 32.8 Å². The van der Waals surface area contributed by atoms with Gasteiger partial charge in [0.1, 0.15) is 0 Å². The van der Waals surface area contributed by atoms with Gasteiger partial charge < -0.3 is 4.90 Å². The van der Waals surface area contributed by atoms with Gasteiger partial charge in [-0.05, 0) is 52.8 Å². The van der Waals surface area contributed by atoms with Crippen molar-refractivity contribution in [1.82, 2.24) is 0 Å². The highest BCUT2D eigenvalue weighted by Gasteiger charge is 2.35. The van der Waals surface area contributed by atoms with Crippen molar-refractivity contribution >= 4 is 27.5 Å². The Balaban J connectivity index is 1.84. The van der Waals surface area contributed by atoms with Crippen molar-refractivity contribution in [3.63, 3.8) is 0 Å². The number of rotatable bonds is 8. The Labute approximate surface area is 186 Å². The molecule has 1 aliphatic rings. The summed E-state index contributed by atoms with van der Waals surface area (Å²) in [7, 11) is 0.0938. The first kappa shape index (κ1) is 23.0. The molecule has 0 fully saturated rings. The van der Waals surface area contributed by atoms with E-state index in [1.165, 1.54) is 16.7 Å². The number of fused-ring (bicyclic) bond motifs is 1. The highest BCUT2D eigenvalue weighted by molar-refractivity contribution is 7.85. The van der Waals surface area contributed by atoms with E-state index in [-0.39, 0.29) is 11.2 Å². The largest absolute Gasteiger partial charge is 0.378 e. The van der Waals surface area contributed by atoms with Crippen molar-refractivity contribution in [3.8, 4) is 0 Å². The summed E-state index contributed by atoms with van der Waals surface area (Å²) < 4.78 is 31.5. The molecule has 0 aliphatic heterocycles. The molecule has 0 aromatic heterocycles. The van der Waals surface area contributed by atoms with Gasteiger partial charge in [-0.3, -0.25) is 4.55 Å². The SMILES string of the molecule is CN(C)c1ccc(/C=C/C=C/C2=C(CCCS(=O)(=O)O)c3ccccc3C2(C)C)cc1. The monoisotopic (exact) mass is 437 g/mol. The molecule has 0 saturated carbocycles. The van der Waals surface area contributed by atoms with Crippen LogP contribution in [0.5, 0.6) is 0 Å². The van der Waals surface area contributed by atoms with E-state index in [9.17, 15) is 8.42 Å². The normalized spacial score (nSPS) is 15.8. The Morgan fingerprint density at radius 2 is 1.61 bits per heavy atom. The molecular weight excluding hydrogens is 406 g/mol. The zero-order valence-electron chi connectivity index (χ0n) is 18.7. The number of hydrogen-bond acceptors (Lipinski definition) is 3. The van der Waals surface area contributed by atoms with Crippen molar-refractivity contribution in [3.05, 3.63) is 89.0 Å². The van der Waals surface area contributed by atoms with Crippen LogP contribution in [0.3, 0.4) is 0 Å². The zero-order valence-corrected chi connectivity index (χ0v) is 19.5. The molecule has 3 rings (SSSR count). The van der Waals surface area contributed by atoms with E-state index >= 15 is 0 Å². The third-order valence-corrected chi connectivity index (χ3v) is 6.63. The summed E-state index contributed by atoms with van der Waals surface area (Å²) in [6, 6.07) is 16.7. The molecule has 1 N–H and O–H groups in total. The fourth-order valence-electron chi connectivity index (χ4n) is 4.17. The maximum Gasteiger partial charge on any atom is 0.264 e. The Bertz CT molecular complexity index is 1120. The summed E-state index contributed by atoms with van der Waals surface area (Å²) >= 11 is 0. The maximum absolute atomic E-state index is 11.2. The smallest absolute Gasteiger partial charge is 0.264 e. The van der Waals surface area contributed by atoms with Crippen LogP contribution in [0.2, 0.25) is 0 Å². The highest BCUT2D eigenvalue weighted by atomic mass is 32.2. The van der Waals surface area contributed by atoms with Crippen LogP contribution in [0, 0.1) is 0 Å². The first-order valence-electron chi connectivity index (χ1n) is 10.5. The third-order valence-electron chi connectivity index (χ3n) is 5.83. The van der Waals surface area contributed by atoms with Crippen molar-refractivity contribution in [1.29, 1.82) is 0 Å². The van der Waals surface area contributed by atoms with E-state index in [0.29, 0.717) is 12.8 Å². The summed E-state index contributed by atoms with van der Waals surface area (Å²) in [5.74, 6) is -0.223. The summed E-state index contributed by atoms with van der Waals surface area (Å²) in [5.41, 5.74) is 6.90. The number of hydrogen-bond donors (Lipinski definition) is 1. The van der Waals surface area contributed by atoms with Crippen LogP contribution in [0.15, 0.2) is 72.3 Å². The second-order valence-electron chi connectivity index (χ2n) is 8.66. The fraction of sp³-hybridized carbons (Fsp3) is 0.308. The van der Waals surface area contributed by atoms with Crippen molar-refractivity contribution in [2.45, 2.75) is 32.1 Å². The minimum Gasteiger partial charge on any atom is -0.378 e. The summed E-state index contributed by atoms with van der Waals surface area (Å²) in [6.45, 7) is 4.40. The molecule has 0 bridgehead atoms. The topological polar surface area (TPSA) is 57.6 Å². The van der Waals surface area contributed by atoms with Crippen LogP contribution in [0.4, 0.5) is 5.69 Å². The van der Waals surface area contributed by atoms with Gasteiger partial charge in [-0.2, -0.15) is 8.42 Å². The predicted octanol–water partition coefficient (Wildman–Crippen LogP) is 5.74. The average molecular weight is 438 g/mol. The molecule has 2 aromatic carbocycles. The van der Waals surface area contributed by atoms with Crippen molar-refractivity contribution < 1.29 is 13.0 Å². The molecule has 0 spiro atoms. The van der Waals surface area contributed by atoms with Crippen LogP contribution < -0.4 is 4.90 Å². The number of nitrogens with zero attached hydrogens (tertiary/aromatic N) is 1. The van der Waals surface area contributed by atoms with Crippen molar-refractivity contribution in [2.24, 2.45) is 0 Å². The molecule has 0 atom stereocenters. The van der Waals surface area contributed by atoms with Gasteiger partial charge in [0, 0.05) is 25.2 Å². The minimum absolute atomic E-state index is 0.165. The van der Waals surface area contributed by atoms with E-state index in [0.717, 1.165) is 16.8 Å². The van der Waals surface area contributed by atoms with E-state index in [4.69, 9.17) is 4.55 Å². The van der Waals surface area contributed by atoms with E-state index < -0.39 is 10.1 Å². The highest BCUT2D eigenvalue weighted by Crippen LogP contribution is 2.48. The number of anilines is 1. The summed E-state index contributed by atoms with van der Waals surface area (Å²) in [5, 5.41) is 0. The molecular formula is C26H31NO3S. The predicted molar refractivity (Wildman–Crippen MR) is 131 cm³/mol. The lowest BCUT2D eigenvalue weighted by atomic mass is 9.81. The Morgan fingerprint density at radius 1 is 0.968 bits per heavy atom. The molecule has 4 nitrogen and oxygen atoms in total. The van der Waals surface area contributed by atoms with E-state index in [1.54, 1.807) is 0 Å². The standard InChI is InChI=1S/C26H31NO3S/c1-26(2)24-14-8-6-11-22(24)23(12-9-19-31(28,29)30)25(26)13-7-5-10-20-15-17-21(18-16-20)27(3)4/h5-8,10-11,13-18H,9,12,19H2,1-4H3,(H,28,29,30)/b10-5+,13-7+. The molecule has 31 heavy (non-hydrogen) atoms. The number of benzene rings is 2. The first-order chi connectivity index (χ1) is 14.6. The van der Waals surface area contributed by atoms with Gasteiger partial charge in [0.25, 0.3) is 10.1 Å². The lowest BCUT2D eigenvalue weighted by Gasteiger charge is -2.22.